The number of hydrogen-bond donors (Lipinski definition) is 2. The van der Waals surface area contributed by atoms with Crippen molar-refractivity contribution in [1.82, 2.24) is 20.1 Å². The molecule has 1 saturated heterocycles. The third-order valence-electron chi connectivity index (χ3n) is 5.20. The first kappa shape index (κ1) is 22.4. The summed E-state index contributed by atoms with van der Waals surface area (Å²) in [5.41, 5.74) is 2.04. The van der Waals surface area contributed by atoms with Gasteiger partial charge >= 0.3 is 5.69 Å². The SMILES string of the molecule is O=C1NC(=O)/C(=C\c2ccc(-c3ccc(/C=C\Cn4c(-c5ccc(F)cc5)n[nH]c4=O)cc3)o2)S1. The molecule has 0 unspecified atom stereocenters. The van der Waals surface area contributed by atoms with Crippen LogP contribution in [-0.2, 0) is 11.3 Å². The van der Waals surface area contributed by atoms with Gasteiger partial charge in [-0.2, -0.15) is 5.10 Å². The first-order valence-corrected chi connectivity index (χ1v) is 11.3. The van der Waals surface area contributed by atoms with Gasteiger partial charge in [0.05, 0.1) is 4.91 Å². The summed E-state index contributed by atoms with van der Waals surface area (Å²) in [7, 11) is 0. The Balaban J connectivity index is 1.27. The summed E-state index contributed by atoms with van der Waals surface area (Å²) < 4.78 is 20.5. The summed E-state index contributed by atoms with van der Waals surface area (Å²) in [5, 5.41) is 8.27. The van der Waals surface area contributed by atoms with Gasteiger partial charge in [-0.25, -0.2) is 14.3 Å². The summed E-state index contributed by atoms with van der Waals surface area (Å²) in [6.07, 6.45) is 5.24. The summed E-state index contributed by atoms with van der Waals surface area (Å²) >= 11 is 0.835. The molecule has 2 N–H and O–H groups in total. The Bertz CT molecular complexity index is 1530. The molecule has 2 aromatic carbocycles. The first-order chi connectivity index (χ1) is 17.0. The van der Waals surface area contributed by atoms with Gasteiger partial charge in [-0.15, -0.1) is 0 Å². The van der Waals surface area contributed by atoms with Gasteiger partial charge in [0.1, 0.15) is 17.3 Å². The molecule has 2 aromatic heterocycles. The second-order valence-corrected chi connectivity index (χ2v) is 8.56. The second kappa shape index (κ2) is 9.43. The van der Waals surface area contributed by atoms with E-state index in [1.54, 1.807) is 24.3 Å². The molecule has 1 aliphatic rings. The molecule has 2 amide bonds. The molecule has 0 radical (unpaired) electrons. The number of halogens is 1. The zero-order valence-corrected chi connectivity index (χ0v) is 18.8. The van der Waals surface area contributed by atoms with E-state index in [2.05, 4.69) is 15.5 Å². The molecule has 0 aliphatic carbocycles. The van der Waals surface area contributed by atoms with Crippen LogP contribution in [0.5, 0.6) is 0 Å². The molecule has 10 heteroatoms. The number of aromatic nitrogens is 3. The summed E-state index contributed by atoms with van der Waals surface area (Å²) in [6.45, 7) is 0.286. The number of carbonyl (C=O) groups excluding carboxylic acids is 2. The Hall–Kier alpha value is -4.44. The fourth-order valence-corrected chi connectivity index (χ4v) is 4.16. The highest BCUT2D eigenvalue weighted by atomic mass is 32.2. The van der Waals surface area contributed by atoms with E-state index in [1.165, 1.54) is 22.8 Å². The molecule has 35 heavy (non-hydrogen) atoms. The summed E-state index contributed by atoms with van der Waals surface area (Å²) in [5.74, 6) is 0.726. The maximum atomic E-state index is 13.2. The van der Waals surface area contributed by atoms with Gasteiger partial charge < -0.3 is 4.42 Å². The van der Waals surface area contributed by atoms with E-state index in [1.807, 2.05) is 36.4 Å². The molecular weight excluding hydrogens is 471 g/mol. The van der Waals surface area contributed by atoms with Gasteiger partial charge in [0.25, 0.3) is 11.1 Å². The Labute approximate surface area is 202 Å². The largest absolute Gasteiger partial charge is 0.457 e. The minimum Gasteiger partial charge on any atom is -0.457 e. The highest BCUT2D eigenvalue weighted by molar-refractivity contribution is 8.18. The van der Waals surface area contributed by atoms with Crippen molar-refractivity contribution >= 4 is 35.1 Å². The number of imide groups is 1. The fraction of sp³-hybridized carbons (Fsp3) is 0.0400. The van der Waals surface area contributed by atoms with Gasteiger partial charge in [-0.05, 0) is 53.7 Å². The maximum Gasteiger partial charge on any atom is 0.343 e. The van der Waals surface area contributed by atoms with Crippen LogP contribution in [0.2, 0.25) is 0 Å². The standard InChI is InChI=1S/C25H17FN4O4S/c26-18-9-7-17(8-10-18)22-28-29-24(32)30(22)13-1-2-15-3-5-16(6-4-15)20-12-11-19(34-20)14-21-23(31)27-25(33)35-21/h1-12,14H,13H2,(H,29,32)(H,27,31,33)/b2-1-,21-14+. The third-order valence-corrected chi connectivity index (χ3v) is 6.01. The van der Waals surface area contributed by atoms with E-state index >= 15 is 0 Å². The van der Waals surface area contributed by atoms with Crippen LogP contribution in [0.1, 0.15) is 11.3 Å². The summed E-state index contributed by atoms with van der Waals surface area (Å²) in [4.78, 5) is 35.4. The smallest absolute Gasteiger partial charge is 0.343 e. The number of nitrogens with zero attached hydrogens (tertiary/aromatic N) is 2. The van der Waals surface area contributed by atoms with Crippen LogP contribution in [0.3, 0.4) is 0 Å². The molecule has 1 aliphatic heterocycles. The zero-order valence-electron chi connectivity index (χ0n) is 18.0. The quantitative estimate of drug-likeness (QED) is 0.382. The van der Waals surface area contributed by atoms with Crippen LogP contribution >= 0.6 is 11.8 Å². The van der Waals surface area contributed by atoms with Crippen molar-refractivity contribution < 1.29 is 18.4 Å². The lowest BCUT2D eigenvalue weighted by atomic mass is 10.1. The Morgan fingerprint density at radius 1 is 0.971 bits per heavy atom. The number of benzene rings is 2. The molecule has 5 rings (SSSR count). The Morgan fingerprint density at radius 2 is 1.71 bits per heavy atom. The van der Waals surface area contributed by atoms with Gasteiger partial charge in [-0.3, -0.25) is 19.5 Å². The van der Waals surface area contributed by atoms with Crippen LogP contribution in [0.15, 0.2) is 80.9 Å². The van der Waals surface area contributed by atoms with E-state index in [0.29, 0.717) is 22.9 Å². The molecule has 8 nitrogen and oxygen atoms in total. The van der Waals surface area contributed by atoms with E-state index in [4.69, 9.17) is 4.42 Å². The van der Waals surface area contributed by atoms with Crippen molar-refractivity contribution in [2.24, 2.45) is 0 Å². The minimum atomic E-state index is -0.434. The van der Waals surface area contributed by atoms with Gasteiger partial charge in [0.15, 0.2) is 5.82 Å². The number of aromatic amines is 1. The van der Waals surface area contributed by atoms with Crippen molar-refractivity contribution in [2.75, 3.05) is 0 Å². The fourth-order valence-electron chi connectivity index (χ4n) is 3.49. The van der Waals surface area contributed by atoms with Gasteiger partial charge in [-0.1, -0.05) is 36.4 Å². The van der Waals surface area contributed by atoms with Crippen molar-refractivity contribution in [2.45, 2.75) is 6.54 Å². The van der Waals surface area contributed by atoms with Crippen molar-refractivity contribution in [1.29, 1.82) is 0 Å². The van der Waals surface area contributed by atoms with Crippen LogP contribution in [0.4, 0.5) is 9.18 Å². The number of rotatable bonds is 6. The van der Waals surface area contributed by atoms with Crippen LogP contribution in [0.25, 0.3) is 34.9 Å². The molecule has 4 aromatic rings. The number of H-pyrrole nitrogens is 1. The number of thioether (sulfide) groups is 1. The molecule has 0 atom stereocenters. The Kier molecular flexibility index (Phi) is 6.02. The molecule has 174 valence electrons. The minimum absolute atomic E-state index is 0.286. The lowest BCUT2D eigenvalue weighted by molar-refractivity contribution is -0.115. The first-order valence-electron chi connectivity index (χ1n) is 10.5. The van der Waals surface area contributed by atoms with E-state index < -0.39 is 11.1 Å². The lowest BCUT2D eigenvalue weighted by Crippen LogP contribution is -2.17. The number of furan rings is 1. The number of nitrogens with one attached hydrogen (secondary N) is 2. The molecule has 3 heterocycles. The lowest BCUT2D eigenvalue weighted by Gasteiger charge is -2.03. The van der Waals surface area contributed by atoms with Crippen LogP contribution < -0.4 is 11.0 Å². The van der Waals surface area contributed by atoms with Crippen molar-refractivity contribution in [3.05, 3.63) is 99.3 Å². The topological polar surface area (TPSA) is 110 Å². The number of allylic oxidation sites excluding steroid dienone is 1. The van der Waals surface area contributed by atoms with Crippen molar-refractivity contribution in [3.63, 3.8) is 0 Å². The number of carbonyl (C=O) groups is 2. The highest BCUT2D eigenvalue weighted by Gasteiger charge is 2.25. The normalized spacial score (nSPS) is 14.8. The average Bonchev–Trinajstić information content (AvgIpc) is 3.55. The second-order valence-electron chi connectivity index (χ2n) is 7.55. The predicted octanol–water partition coefficient (Wildman–Crippen LogP) is 4.67. The van der Waals surface area contributed by atoms with E-state index in [0.717, 1.165) is 22.9 Å². The molecule has 0 spiro atoms. The van der Waals surface area contributed by atoms with E-state index in [9.17, 15) is 18.8 Å². The Morgan fingerprint density at radius 3 is 2.43 bits per heavy atom. The monoisotopic (exact) mass is 488 g/mol. The van der Waals surface area contributed by atoms with Crippen molar-refractivity contribution in [3.8, 4) is 22.7 Å². The van der Waals surface area contributed by atoms with E-state index in [-0.39, 0.29) is 23.0 Å². The zero-order chi connectivity index (χ0) is 24.4. The molecule has 0 bridgehead atoms. The van der Waals surface area contributed by atoms with Crippen LogP contribution in [-0.4, -0.2) is 25.9 Å². The van der Waals surface area contributed by atoms with Crippen LogP contribution in [0, 0.1) is 5.82 Å². The number of hydrogen-bond acceptors (Lipinski definition) is 6. The molecular formula is C25H17FN4O4S. The highest BCUT2D eigenvalue weighted by Crippen LogP contribution is 2.28. The number of amides is 2. The predicted molar refractivity (Wildman–Crippen MR) is 131 cm³/mol. The summed E-state index contributed by atoms with van der Waals surface area (Å²) in [6, 6.07) is 16.9. The average molecular weight is 489 g/mol. The van der Waals surface area contributed by atoms with Gasteiger partial charge in [0, 0.05) is 23.7 Å². The van der Waals surface area contributed by atoms with Gasteiger partial charge in [0.2, 0.25) is 0 Å². The molecule has 0 saturated carbocycles. The molecule has 1 fully saturated rings. The third kappa shape index (κ3) is 4.92. The maximum absolute atomic E-state index is 13.2.